The van der Waals surface area contributed by atoms with Crippen molar-refractivity contribution >= 4 is 11.0 Å². The highest BCUT2D eigenvalue weighted by atomic mass is 16.5. The molecule has 2 N–H and O–H groups in total. The van der Waals surface area contributed by atoms with Crippen LogP contribution >= 0.6 is 0 Å². The third-order valence-electron chi connectivity index (χ3n) is 5.46. The molecule has 1 aromatic heterocycles. The summed E-state index contributed by atoms with van der Waals surface area (Å²) in [5.41, 5.74) is 8.43. The Morgan fingerprint density at radius 1 is 1.20 bits per heavy atom. The van der Waals surface area contributed by atoms with Crippen LogP contribution in [-0.2, 0) is 12.8 Å². The maximum Gasteiger partial charge on any atom is 0.339 e. The van der Waals surface area contributed by atoms with Crippen molar-refractivity contribution in [3.8, 4) is 5.75 Å². The SMILES string of the molecule is NC1CCN(CCCOc2ccc3c4c(c(=O)oc3c2)CCC4)CC1. The third-order valence-corrected chi connectivity index (χ3v) is 5.46. The van der Waals surface area contributed by atoms with E-state index in [1.807, 2.05) is 18.2 Å². The van der Waals surface area contributed by atoms with Crippen LogP contribution in [0.3, 0.4) is 0 Å². The molecule has 1 saturated heterocycles. The van der Waals surface area contributed by atoms with Gasteiger partial charge in [-0.3, -0.25) is 0 Å². The Morgan fingerprint density at radius 3 is 2.84 bits per heavy atom. The Hall–Kier alpha value is -1.85. The molecule has 25 heavy (non-hydrogen) atoms. The zero-order chi connectivity index (χ0) is 17.2. The van der Waals surface area contributed by atoms with Crippen LogP contribution in [0, 0.1) is 0 Å². The van der Waals surface area contributed by atoms with Crippen molar-refractivity contribution in [3.63, 3.8) is 0 Å². The standard InChI is InChI=1S/C20H26N2O3/c21-14-7-10-22(11-8-14)9-2-12-24-15-5-6-17-16-3-1-4-18(16)20(23)25-19(17)13-15/h5-6,13-14H,1-4,7-12,21H2. The average molecular weight is 342 g/mol. The van der Waals surface area contributed by atoms with Crippen molar-refractivity contribution in [2.24, 2.45) is 5.73 Å². The average Bonchev–Trinajstić information content (AvgIpc) is 3.11. The molecular formula is C20H26N2O3. The molecule has 5 heteroatoms. The third kappa shape index (κ3) is 3.58. The van der Waals surface area contributed by atoms with Crippen LogP contribution in [0.2, 0.25) is 0 Å². The summed E-state index contributed by atoms with van der Waals surface area (Å²) in [4.78, 5) is 14.5. The number of aryl methyl sites for hydroxylation is 1. The molecule has 2 aliphatic rings. The van der Waals surface area contributed by atoms with Crippen LogP contribution in [-0.4, -0.2) is 37.2 Å². The first kappa shape index (κ1) is 16.6. The molecular weight excluding hydrogens is 316 g/mol. The number of likely N-dealkylation sites (tertiary alicyclic amines) is 1. The van der Waals surface area contributed by atoms with E-state index in [1.54, 1.807) is 0 Å². The lowest BCUT2D eigenvalue weighted by molar-refractivity contribution is 0.194. The van der Waals surface area contributed by atoms with Crippen LogP contribution in [0.4, 0.5) is 0 Å². The van der Waals surface area contributed by atoms with Crippen LogP contribution in [0.25, 0.3) is 11.0 Å². The fourth-order valence-corrected chi connectivity index (χ4v) is 4.01. The minimum absolute atomic E-state index is 0.180. The second kappa shape index (κ2) is 7.18. The normalized spacial score (nSPS) is 18.6. The Morgan fingerprint density at radius 2 is 2.00 bits per heavy atom. The lowest BCUT2D eigenvalue weighted by Crippen LogP contribution is -2.40. The zero-order valence-corrected chi connectivity index (χ0v) is 14.6. The van der Waals surface area contributed by atoms with Crippen molar-refractivity contribution in [1.82, 2.24) is 4.90 Å². The first-order valence-electron chi connectivity index (χ1n) is 9.40. The summed E-state index contributed by atoms with van der Waals surface area (Å²) < 4.78 is 11.4. The molecule has 1 aromatic carbocycles. The molecule has 1 fully saturated rings. The number of fused-ring (bicyclic) bond motifs is 3. The number of ether oxygens (including phenoxy) is 1. The zero-order valence-electron chi connectivity index (χ0n) is 14.6. The van der Waals surface area contributed by atoms with Crippen molar-refractivity contribution < 1.29 is 9.15 Å². The number of piperidine rings is 1. The van der Waals surface area contributed by atoms with Gasteiger partial charge in [-0.1, -0.05) is 0 Å². The predicted molar refractivity (Wildman–Crippen MR) is 98.3 cm³/mol. The lowest BCUT2D eigenvalue weighted by Gasteiger charge is -2.29. The summed E-state index contributed by atoms with van der Waals surface area (Å²) >= 11 is 0. The van der Waals surface area contributed by atoms with Gasteiger partial charge in [0.15, 0.2) is 0 Å². The van der Waals surface area contributed by atoms with Gasteiger partial charge in [0, 0.05) is 29.6 Å². The number of nitrogens with zero attached hydrogens (tertiary/aromatic N) is 1. The molecule has 2 aromatic rings. The first-order valence-corrected chi connectivity index (χ1v) is 9.40. The van der Waals surface area contributed by atoms with E-state index in [0.717, 1.165) is 74.9 Å². The molecule has 2 heterocycles. The molecule has 0 atom stereocenters. The van der Waals surface area contributed by atoms with E-state index in [0.29, 0.717) is 18.2 Å². The highest BCUT2D eigenvalue weighted by Crippen LogP contribution is 2.29. The van der Waals surface area contributed by atoms with Gasteiger partial charge in [-0.25, -0.2) is 4.79 Å². The topological polar surface area (TPSA) is 68.7 Å². The quantitative estimate of drug-likeness (QED) is 0.668. The number of nitrogens with two attached hydrogens (primary N) is 1. The lowest BCUT2D eigenvalue weighted by atomic mass is 10.1. The second-order valence-corrected chi connectivity index (χ2v) is 7.24. The van der Waals surface area contributed by atoms with E-state index < -0.39 is 0 Å². The van der Waals surface area contributed by atoms with E-state index in [-0.39, 0.29) is 5.63 Å². The molecule has 4 rings (SSSR count). The van der Waals surface area contributed by atoms with Gasteiger partial charge in [-0.15, -0.1) is 0 Å². The van der Waals surface area contributed by atoms with E-state index >= 15 is 0 Å². The van der Waals surface area contributed by atoms with Crippen molar-refractivity contribution in [3.05, 3.63) is 39.7 Å². The van der Waals surface area contributed by atoms with E-state index in [1.165, 1.54) is 5.56 Å². The minimum Gasteiger partial charge on any atom is -0.493 e. The number of rotatable bonds is 5. The van der Waals surface area contributed by atoms with Gasteiger partial charge >= 0.3 is 5.63 Å². The molecule has 0 radical (unpaired) electrons. The summed E-state index contributed by atoms with van der Waals surface area (Å²) in [6, 6.07) is 6.25. The van der Waals surface area contributed by atoms with Crippen LogP contribution < -0.4 is 16.1 Å². The molecule has 134 valence electrons. The molecule has 0 saturated carbocycles. The maximum absolute atomic E-state index is 12.1. The van der Waals surface area contributed by atoms with E-state index in [9.17, 15) is 4.79 Å². The Balaban J connectivity index is 1.36. The number of hydrogen-bond acceptors (Lipinski definition) is 5. The van der Waals surface area contributed by atoms with Gasteiger partial charge in [0.25, 0.3) is 0 Å². The van der Waals surface area contributed by atoms with Gasteiger partial charge in [0.1, 0.15) is 11.3 Å². The molecule has 1 aliphatic heterocycles. The molecule has 0 spiro atoms. The number of hydrogen-bond donors (Lipinski definition) is 1. The Kier molecular flexibility index (Phi) is 4.77. The highest BCUT2D eigenvalue weighted by molar-refractivity contribution is 5.83. The van der Waals surface area contributed by atoms with Crippen molar-refractivity contribution in [2.75, 3.05) is 26.2 Å². The maximum atomic E-state index is 12.1. The summed E-state index contributed by atoms with van der Waals surface area (Å²) in [6.07, 6.45) is 6.02. The summed E-state index contributed by atoms with van der Waals surface area (Å²) in [5.74, 6) is 0.772. The minimum atomic E-state index is -0.180. The fourth-order valence-electron chi connectivity index (χ4n) is 4.01. The monoisotopic (exact) mass is 342 g/mol. The van der Waals surface area contributed by atoms with Crippen molar-refractivity contribution in [2.45, 2.75) is 44.6 Å². The molecule has 0 amide bonds. The Labute approximate surface area is 147 Å². The largest absolute Gasteiger partial charge is 0.493 e. The van der Waals surface area contributed by atoms with Gasteiger partial charge in [-0.2, -0.15) is 0 Å². The number of benzene rings is 1. The summed E-state index contributed by atoms with van der Waals surface area (Å²) in [7, 11) is 0. The van der Waals surface area contributed by atoms with Crippen LogP contribution in [0.15, 0.2) is 27.4 Å². The van der Waals surface area contributed by atoms with Crippen LogP contribution in [0.5, 0.6) is 5.75 Å². The van der Waals surface area contributed by atoms with E-state index in [4.69, 9.17) is 14.9 Å². The van der Waals surface area contributed by atoms with Gasteiger partial charge in [-0.05, 0) is 69.3 Å². The smallest absolute Gasteiger partial charge is 0.339 e. The van der Waals surface area contributed by atoms with Crippen LogP contribution in [0.1, 0.15) is 36.8 Å². The highest BCUT2D eigenvalue weighted by Gasteiger charge is 2.19. The van der Waals surface area contributed by atoms with Gasteiger partial charge in [0.2, 0.25) is 0 Å². The Bertz CT molecular complexity index is 806. The molecule has 5 nitrogen and oxygen atoms in total. The first-order chi connectivity index (χ1) is 12.2. The van der Waals surface area contributed by atoms with Gasteiger partial charge < -0.3 is 19.8 Å². The molecule has 1 aliphatic carbocycles. The van der Waals surface area contributed by atoms with Gasteiger partial charge in [0.05, 0.1) is 6.61 Å². The summed E-state index contributed by atoms with van der Waals surface area (Å²) in [6.45, 7) is 3.90. The van der Waals surface area contributed by atoms with Crippen molar-refractivity contribution in [1.29, 1.82) is 0 Å². The molecule has 0 unspecified atom stereocenters. The fraction of sp³-hybridized carbons (Fsp3) is 0.550. The second-order valence-electron chi connectivity index (χ2n) is 7.24. The van der Waals surface area contributed by atoms with E-state index in [2.05, 4.69) is 4.90 Å². The summed E-state index contributed by atoms with van der Waals surface area (Å²) in [5, 5.41) is 1.06. The predicted octanol–water partition coefficient (Wildman–Crippen LogP) is 2.47. The molecule has 0 bridgehead atoms.